The van der Waals surface area contributed by atoms with Gasteiger partial charge in [0, 0.05) is 18.1 Å². The minimum Gasteiger partial charge on any atom is -0.496 e. The fourth-order valence-electron chi connectivity index (χ4n) is 1.96. The molecule has 0 radical (unpaired) electrons. The molecule has 4 heteroatoms. The van der Waals surface area contributed by atoms with Crippen molar-refractivity contribution in [3.8, 4) is 17.2 Å². The van der Waals surface area contributed by atoms with E-state index < -0.39 is 0 Å². The van der Waals surface area contributed by atoms with Gasteiger partial charge in [-0.15, -0.1) is 0 Å². The van der Waals surface area contributed by atoms with Gasteiger partial charge in [0.25, 0.3) is 0 Å². The van der Waals surface area contributed by atoms with Gasteiger partial charge >= 0.3 is 0 Å². The second-order valence-electron chi connectivity index (χ2n) is 3.99. The molecule has 1 aromatic rings. The molecule has 0 atom stereocenters. The molecule has 0 aliphatic heterocycles. The van der Waals surface area contributed by atoms with E-state index in [4.69, 9.17) is 14.2 Å². The molecular weight excluding hydrogens is 232 g/mol. The molecule has 0 aliphatic carbocycles. The zero-order chi connectivity index (χ0) is 13.7. The number of hydrogen-bond acceptors (Lipinski definition) is 4. The molecule has 0 bridgehead atoms. The van der Waals surface area contributed by atoms with E-state index in [1.165, 1.54) is 7.11 Å². The number of carbonyl (C=O) groups is 1. The van der Waals surface area contributed by atoms with Crippen LogP contribution in [0.1, 0.15) is 35.7 Å². The number of ketones is 1. The molecule has 100 valence electrons. The average molecular weight is 252 g/mol. The second kappa shape index (κ2) is 6.28. The molecule has 0 heterocycles. The fraction of sp³-hybridized carbons (Fsp3) is 0.500. The third-order valence-corrected chi connectivity index (χ3v) is 2.85. The predicted molar refractivity (Wildman–Crippen MR) is 70.1 cm³/mol. The highest BCUT2D eigenvalue weighted by molar-refractivity contribution is 6.02. The van der Waals surface area contributed by atoms with Gasteiger partial charge in [0.1, 0.15) is 22.8 Å². The minimum absolute atomic E-state index is 0.0250. The summed E-state index contributed by atoms with van der Waals surface area (Å²) in [4.78, 5) is 12.2. The van der Waals surface area contributed by atoms with Crippen LogP contribution in [0.2, 0.25) is 0 Å². The molecule has 0 saturated heterocycles. The Hall–Kier alpha value is -1.71. The van der Waals surface area contributed by atoms with Gasteiger partial charge in [-0.25, -0.2) is 0 Å². The van der Waals surface area contributed by atoms with Crippen molar-refractivity contribution in [2.45, 2.75) is 26.7 Å². The van der Waals surface area contributed by atoms with Crippen molar-refractivity contribution in [1.82, 2.24) is 0 Å². The van der Waals surface area contributed by atoms with E-state index >= 15 is 0 Å². The van der Waals surface area contributed by atoms with E-state index in [0.29, 0.717) is 29.2 Å². The van der Waals surface area contributed by atoms with Gasteiger partial charge in [0.15, 0.2) is 5.78 Å². The molecule has 1 aromatic carbocycles. The number of carbonyl (C=O) groups excluding carboxylic acids is 1. The normalized spacial score (nSPS) is 10.1. The third-order valence-electron chi connectivity index (χ3n) is 2.85. The van der Waals surface area contributed by atoms with Crippen LogP contribution >= 0.6 is 0 Å². The Bertz CT molecular complexity index is 438. The second-order valence-corrected chi connectivity index (χ2v) is 3.99. The molecule has 0 saturated carbocycles. The number of rotatable bonds is 6. The van der Waals surface area contributed by atoms with E-state index in [1.54, 1.807) is 20.3 Å². The summed E-state index contributed by atoms with van der Waals surface area (Å²) in [5.74, 6) is 1.70. The highest BCUT2D eigenvalue weighted by Gasteiger charge is 2.22. The van der Waals surface area contributed by atoms with Gasteiger partial charge in [-0.05, 0) is 13.3 Å². The Morgan fingerprint density at radius 2 is 1.72 bits per heavy atom. The highest BCUT2D eigenvalue weighted by Crippen LogP contribution is 2.39. The van der Waals surface area contributed by atoms with Gasteiger partial charge in [0.2, 0.25) is 0 Å². The maximum Gasteiger partial charge on any atom is 0.170 e. The summed E-state index contributed by atoms with van der Waals surface area (Å²) < 4.78 is 15.9. The monoisotopic (exact) mass is 252 g/mol. The van der Waals surface area contributed by atoms with Crippen molar-refractivity contribution in [3.63, 3.8) is 0 Å². The van der Waals surface area contributed by atoms with E-state index in [0.717, 1.165) is 12.0 Å². The summed E-state index contributed by atoms with van der Waals surface area (Å²) in [6.45, 7) is 3.83. The van der Waals surface area contributed by atoms with Gasteiger partial charge in [-0.2, -0.15) is 0 Å². The quantitative estimate of drug-likeness (QED) is 0.730. The first-order valence-electron chi connectivity index (χ1n) is 5.93. The van der Waals surface area contributed by atoms with Gasteiger partial charge in [-0.1, -0.05) is 6.92 Å². The molecule has 18 heavy (non-hydrogen) atoms. The first-order valence-corrected chi connectivity index (χ1v) is 5.93. The Labute approximate surface area is 108 Å². The van der Waals surface area contributed by atoms with Gasteiger partial charge < -0.3 is 14.2 Å². The van der Waals surface area contributed by atoms with Crippen molar-refractivity contribution in [2.75, 3.05) is 21.3 Å². The van der Waals surface area contributed by atoms with E-state index in [1.807, 2.05) is 13.8 Å². The van der Waals surface area contributed by atoms with Crippen LogP contribution in [0.15, 0.2) is 6.07 Å². The molecule has 0 unspecified atom stereocenters. The standard InChI is InChI=1S/C14H20O4/c1-6-7-10(15)13-12(17-4)8-11(16-3)9(2)14(13)18-5/h8H,6-7H2,1-5H3. The maximum atomic E-state index is 12.2. The number of hydrogen-bond donors (Lipinski definition) is 0. The zero-order valence-electron chi connectivity index (χ0n) is 11.6. The molecule has 0 N–H and O–H groups in total. The number of methoxy groups -OCH3 is 3. The van der Waals surface area contributed by atoms with Crippen molar-refractivity contribution in [1.29, 1.82) is 0 Å². The van der Waals surface area contributed by atoms with Crippen molar-refractivity contribution < 1.29 is 19.0 Å². The lowest BCUT2D eigenvalue weighted by Crippen LogP contribution is -2.07. The summed E-state index contributed by atoms with van der Waals surface area (Å²) in [5.41, 5.74) is 1.31. The molecule has 4 nitrogen and oxygen atoms in total. The SMILES string of the molecule is CCCC(=O)c1c(OC)cc(OC)c(C)c1OC. The van der Waals surface area contributed by atoms with Gasteiger partial charge in [-0.3, -0.25) is 4.79 Å². The third kappa shape index (κ3) is 2.58. The van der Waals surface area contributed by atoms with Crippen LogP contribution in [0, 0.1) is 6.92 Å². The molecule has 0 amide bonds. The molecule has 0 aromatic heterocycles. The van der Waals surface area contributed by atoms with Crippen molar-refractivity contribution in [2.24, 2.45) is 0 Å². The van der Waals surface area contributed by atoms with Gasteiger partial charge in [0.05, 0.1) is 21.3 Å². The van der Waals surface area contributed by atoms with E-state index in [9.17, 15) is 4.79 Å². The highest BCUT2D eigenvalue weighted by atomic mass is 16.5. The first kappa shape index (κ1) is 14.4. The van der Waals surface area contributed by atoms with Crippen molar-refractivity contribution >= 4 is 5.78 Å². The smallest absolute Gasteiger partial charge is 0.170 e. The lowest BCUT2D eigenvalue weighted by Gasteiger charge is -2.17. The van der Waals surface area contributed by atoms with E-state index in [-0.39, 0.29) is 5.78 Å². The Morgan fingerprint density at radius 1 is 1.11 bits per heavy atom. The van der Waals surface area contributed by atoms with Crippen LogP contribution in [-0.2, 0) is 0 Å². The summed E-state index contributed by atoms with van der Waals surface area (Å²) in [7, 11) is 4.66. The zero-order valence-corrected chi connectivity index (χ0v) is 11.6. The summed E-state index contributed by atoms with van der Waals surface area (Å²) in [6, 6.07) is 1.72. The van der Waals surface area contributed by atoms with Crippen LogP contribution in [0.5, 0.6) is 17.2 Å². The fourth-order valence-corrected chi connectivity index (χ4v) is 1.96. The first-order chi connectivity index (χ1) is 8.60. The van der Waals surface area contributed by atoms with Crippen LogP contribution in [0.3, 0.4) is 0 Å². The number of benzene rings is 1. The summed E-state index contributed by atoms with van der Waals surface area (Å²) in [6.07, 6.45) is 1.26. The number of Topliss-reactive ketones (excluding diaryl/α,β-unsaturated/α-hetero) is 1. The average Bonchev–Trinajstić information content (AvgIpc) is 2.38. The number of ether oxygens (including phenoxy) is 3. The van der Waals surface area contributed by atoms with Crippen LogP contribution in [0.25, 0.3) is 0 Å². The maximum absolute atomic E-state index is 12.2. The lowest BCUT2D eigenvalue weighted by atomic mass is 10.0. The predicted octanol–water partition coefficient (Wildman–Crippen LogP) is 3.00. The van der Waals surface area contributed by atoms with Crippen LogP contribution in [0.4, 0.5) is 0 Å². The lowest BCUT2D eigenvalue weighted by molar-refractivity contribution is 0.0975. The Balaban J connectivity index is 3.46. The summed E-state index contributed by atoms with van der Waals surface area (Å²) >= 11 is 0. The van der Waals surface area contributed by atoms with Crippen LogP contribution < -0.4 is 14.2 Å². The topological polar surface area (TPSA) is 44.8 Å². The van der Waals surface area contributed by atoms with Crippen LogP contribution in [-0.4, -0.2) is 27.1 Å². The molecule has 0 fully saturated rings. The summed E-state index contributed by atoms with van der Waals surface area (Å²) in [5, 5.41) is 0. The van der Waals surface area contributed by atoms with Crippen molar-refractivity contribution in [3.05, 3.63) is 17.2 Å². The minimum atomic E-state index is 0.0250. The van der Waals surface area contributed by atoms with E-state index in [2.05, 4.69) is 0 Å². The molecule has 1 rings (SSSR count). The Morgan fingerprint density at radius 3 is 2.17 bits per heavy atom. The largest absolute Gasteiger partial charge is 0.496 e. The molecular formula is C14H20O4. The molecule has 0 spiro atoms. The molecule has 0 aliphatic rings. The Kier molecular flexibility index (Phi) is 5.01.